The second kappa shape index (κ2) is 6.89. The van der Waals surface area contributed by atoms with Crippen LogP contribution < -0.4 is 4.74 Å². The quantitative estimate of drug-likeness (QED) is 0.638. The molecule has 0 spiro atoms. The maximum Gasteiger partial charge on any atom is 0.343 e. The van der Waals surface area contributed by atoms with E-state index in [4.69, 9.17) is 9.47 Å². The molecule has 0 aliphatic rings. The van der Waals surface area contributed by atoms with Crippen molar-refractivity contribution in [1.29, 1.82) is 0 Å². The van der Waals surface area contributed by atoms with Crippen LogP contribution in [0.2, 0.25) is 0 Å². The van der Waals surface area contributed by atoms with Gasteiger partial charge in [-0.25, -0.2) is 9.59 Å². The second-order valence-corrected chi connectivity index (χ2v) is 4.93. The number of hydrogen-bond donors (Lipinski definition) is 0. The summed E-state index contributed by atoms with van der Waals surface area (Å²) in [5, 5.41) is 0. The summed E-state index contributed by atoms with van der Waals surface area (Å²) < 4.78 is 10.2. The third-order valence-electron chi connectivity index (χ3n) is 3.32. The van der Waals surface area contributed by atoms with Crippen molar-refractivity contribution < 1.29 is 19.1 Å². The molecule has 2 rings (SSSR count). The minimum absolute atomic E-state index is 0.315. The fraction of sp³-hybridized carbons (Fsp3) is 0.222. The molecule has 0 aliphatic carbocycles. The Kier molecular flexibility index (Phi) is 4.94. The summed E-state index contributed by atoms with van der Waals surface area (Å²) >= 11 is 0. The first-order chi connectivity index (χ1) is 10.5. The maximum absolute atomic E-state index is 12.1. The zero-order valence-corrected chi connectivity index (χ0v) is 12.9. The van der Waals surface area contributed by atoms with Crippen LogP contribution in [-0.4, -0.2) is 18.5 Å². The van der Waals surface area contributed by atoms with Crippen molar-refractivity contribution in [3.63, 3.8) is 0 Å². The fourth-order valence-electron chi connectivity index (χ4n) is 1.90. The van der Waals surface area contributed by atoms with Gasteiger partial charge in [-0.2, -0.15) is 0 Å². The predicted molar refractivity (Wildman–Crippen MR) is 83.3 cm³/mol. The molecule has 4 heteroatoms. The normalized spacial score (nSPS) is 10.1. The lowest BCUT2D eigenvalue weighted by Gasteiger charge is -2.07. The molecule has 0 amide bonds. The van der Waals surface area contributed by atoms with Crippen molar-refractivity contribution in [2.45, 2.75) is 20.8 Å². The number of aryl methyl sites for hydroxylation is 2. The lowest BCUT2D eigenvalue weighted by molar-refractivity contribution is 0.0525. The van der Waals surface area contributed by atoms with Crippen molar-refractivity contribution in [3.8, 4) is 5.75 Å². The Labute approximate surface area is 129 Å². The lowest BCUT2D eigenvalue weighted by atomic mass is 10.1. The Bertz CT molecular complexity index is 687. The number of esters is 2. The highest BCUT2D eigenvalue weighted by Crippen LogP contribution is 2.18. The molecule has 0 saturated carbocycles. The molecule has 0 fully saturated rings. The van der Waals surface area contributed by atoms with Crippen LogP contribution in [-0.2, 0) is 4.74 Å². The van der Waals surface area contributed by atoms with E-state index in [1.165, 1.54) is 0 Å². The number of carbonyl (C=O) groups excluding carboxylic acids is 2. The molecule has 0 aliphatic heterocycles. The highest BCUT2D eigenvalue weighted by atomic mass is 16.5. The first kappa shape index (κ1) is 15.8. The summed E-state index contributed by atoms with van der Waals surface area (Å²) in [5.41, 5.74) is 2.98. The SMILES string of the molecule is CCOC(=O)c1ccc(C(=O)Oc2ccc(C)c(C)c2)cc1. The molecule has 22 heavy (non-hydrogen) atoms. The zero-order valence-electron chi connectivity index (χ0n) is 12.9. The third kappa shape index (κ3) is 3.73. The lowest BCUT2D eigenvalue weighted by Crippen LogP contribution is -2.10. The van der Waals surface area contributed by atoms with Gasteiger partial charge >= 0.3 is 11.9 Å². The number of carbonyl (C=O) groups is 2. The van der Waals surface area contributed by atoms with Gasteiger partial charge in [0.2, 0.25) is 0 Å². The summed E-state index contributed by atoms with van der Waals surface area (Å²) in [6, 6.07) is 11.7. The third-order valence-corrected chi connectivity index (χ3v) is 3.32. The number of benzene rings is 2. The molecular formula is C18H18O4. The van der Waals surface area contributed by atoms with E-state index < -0.39 is 11.9 Å². The molecule has 0 atom stereocenters. The van der Waals surface area contributed by atoms with Crippen LogP contribution in [0.4, 0.5) is 0 Å². The van der Waals surface area contributed by atoms with Gasteiger partial charge in [0.15, 0.2) is 0 Å². The standard InChI is InChI=1S/C18H18O4/c1-4-21-17(19)14-6-8-15(9-7-14)18(20)22-16-10-5-12(2)13(3)11-16/h5-11H,4H2,1-3H3. The second-order valence-electron chi connectivity index (χ2n) is 4.93. The van der Waals surface area contributed by atoms with Gasteiger partial charge in [0.05, 0.1) is 17.7 Å². The monoisotopic (exact) mass is 298 g/mol. The Hall–Kier alpha value is -2.62. The van der Waals surface area contributed by atoms with Crippen molar-refractivity contribution in [2.24, 2.45) is 0 Å². The Balaban J connectivity index is 2.09. The molecule has 0 aromatic heterocycles. The maximum atomic E-state index is 12.1. The molecule has 0 heterocycles. The van der Waals surface area contributed by atoms with E-state index in [-0.39, 0.29) is 0 Å². The van der Waals surface area contributed by atoms with Gasteiger partial charge in [-0.1, -0.05) is 6.07 Å². The predicted octanol–water partition coefficient (Wildman–Crippen LogP) is 3.70. The number of rotatable bonds is 4. The van der Waals surface area contributed by atoms with E-state index in [1.807, 2.05) is 26.0 Å². The van der Waals surface area contributed by atoms with E-state index in [9.17, 15) is 9.59 Å². The summed E-state index contributed by atoms with van der Waals surface area (Å²) in [7, 11) is 0. The van der Waals surface area contributed by atoms with Crippen LogP contribution in [0.25, 0.3) is 0 Å². The van der Waals surface area contributed by atoms with Gasteiger partial charge in [-0.05, 0) is 68.3 Å². The van der Waals surface area contributed by atoms with Crippen LogP contribution >= 0.6 is 0 Å². The van der Waals surface area contributed by atoms with Crippen LogP contribution in [0.15, 0.2) is 42.5 Å². The van der Waals surface area contributed by atoms with E-state index >= 15 is 0 Å². The van der Waals surface area contributed by atoms with Gasteiger partial charge in [0.25, 0.3) is 0 Å². The molecule has 0 bridgehead atoms. The first-order valence-electron chi connectivity index (χ1n) is 7.08. The average molecular weight is 298 g/mol. The van der Waals surface area contributed by atoms with E-state index in [1.54, 1.807) is 37.3 Å². The largest absolute Gasteiger partial charge is 0.462 e. The molecule has 114 valence electrons. The highest BCUT2D eigenvalue weighted by Gasteiger charge is 2.11. The molecule has 2 aromatic carbocycles. The van der Waals surface area contributed by atoms with Gasteiger partial charge in [0, 0.05) is 0 Å². The van der Waals surface area contributed by atoms with Gasteiger partial charge < -0.3 is 9.47 Å². The van der Waals surface area contributed by atoms with Crippen LogP contribution in [0, 0.1) is 13.8 Å². The zero-order chi connectivity index (χ0) is 16.1. The summed E-state index contributed by atoms with van der Waals surface area (Å²) in [6.45, 7) is 6.01. The molecule has 2 aromatic rings. The van der Waals surface area contributed by atoms with Crippen LogP contribution in [0.3, 0.4) is 0 Å². The average Bonchev–Trinajstić information content (AvgIpc) is 2.51. The fourth-order valence-corrected chi connectivity index (χ4v) is 1.90. The van der Waals surface area contributed by atoms with Crippen molar-refractivity contribution in [3.05, 3.63) is 64.7 Å². The van der Waals surface area contributed by atoms with Crippen LogP contribution in [0.1, 0.15) is 38.8 Å². The molecule has 0 radical (unpaired) electrons. The molecule has 0 unspecified atom stereocenters. The minimum atomic E-state index is -0.460. The number of ether oxygens (including phenoxy) is 2. The summed E-state index contributed by atoms with van der Waals surface area (Å²) in [5.74, 6) is -0.363. The first-order valence-corrected chi connectivity index (χ1v) is 7.08. The van der Waals surface area contributed by atoms with Crippen molar-refractivity contribution in [2.75, 3.05) is 6.61 Å². The molecule has 0 saturated heterocycles. The van der Waals surface area contributed by atoms with Crippen molar-refractivity contribution >= 4 is 11.9 Å². The van der Waals surface area contributed by atoms with E-state index in [0.29, 0.717) is 23.5 Å². The summed E-state index contributed by atoms with van der Waals surface area (Å²) in [4.78, 5) is 23.6. The topological polar surface area (TPSA) is 52.6 Å². The minimum Gasteiger partial charge on any atom is -0.462 e. The van der Waals surface area contributed by atoms with Gasteiger partial charge in [-0.3, -0.25) is 0 Å². The molecular weight excluding hydrogens is 280 g/mol. The molecule has 4 nitrogen and oxygen atoms in total. The number of hydrogen-bond acceptors (Lipinski definition) is 4. The molecule has 0 N–H and O–H groups in total. The highest BCUT2D eigenvalue weighted by molar-refractivity contribution is 5.94. The van der Waals surface area contributed by atoms with Crippen LogP contribution in [0.5, 0.6) is 5.75 Å². The van der Waals surface area contributed by atoms with Crippen molar-refractivity contribution in [1.82, 2.24) is 0 Å². The Morgan fingerprint density at radius 3 is 2.00 bits per heavy atom. The van der Waals surface area contributed by atoms with E-state index in [0.717, 1.165) is 11.1 Å². The Morgan fingerprint density at radius 2 is 1.45 bits per heavy atom. The van der Waals surface area contributed by atoms with E-state index in [2.05, 4.69) is 0 Å². The van der Waals surface area contributed by atoms with Gasteiger partial charge in [-0.15, -0.1) is 0 Å². The smallest absolute Gasteiger partial charge is 0.343 e. The van der Waals surface area contributed by atoms with Gasteiger partial charge in [0.1, 0.15) is 5.75 Å². The Morgan fingerprint density at radius 1 is 0.864 bits per heavy atom. The summed E-state index contributed by atoms with van der Waals surface area (Å²) in [6.07, 6.45) is 0.